The van der Waals surface area contributed by atoms with Gasteiger partial charge in [-0.15, -0.1) is 0 Å². The molecule has 2 rings (SSSR count). The lowest BCUT2D eigenvalue weighted by atomic mass is 10.1. The minimum absolute atomic E-state index is 0.193. The lowest BCUT2D eigenvalue weighted by Gasteiger charge is -2.12. The van der Waals surface area contributed by atoms with Gasteiger partial charge in [0.15, 0.2) is 0 Å². The van der Waals surface area contributed by atoms with Crippen LogP contribution >= 0.6 is 0 Å². The summed E-state index contributed by atoms with van der Waals surface area (Å²) in [6, 6.07) is 6.46. The highest BCUT2D eigenvalue weighted by atomic mass is 16.5. The predicted molar refractivity (Wildman–Crippen MR) is 72.1 cm³/mol. The quantitative estimate of drug-likeness (QED) is 0.747. The molecule has 7 nitrogen and oxygen atoms in total. The number of benzene rings is 1. The number of H-pyrrole nitrogens is 2. The molecule has 0 saturated carbocycles. The Bertz CT molecular complexity index is 637. The lowest BCUT2D eigenvalue weighted by Crippen LogP contribution is -2.24. The maximum absolute atomic E-state index is 12.2. The summed E-state index contributed by atoms with van der Waals surface area (Å²) in [5.74, 6) is 0.496. The summed E-state index contributed by atoms with van der Waals surface area (Å²) in [7, 11) is 2.96. The summed E-state index contributed by atoms with van der Waals surface area (Å²) < 4.78 is 10.3. The highest BCUT2D eigenvalue weighted by Gasteiger charge is 2.17. The molecular formula is C13H15N3O4. The van der Waals surface area contributed by atoms with Crippen LogP contribution in [0, 0.1) is 0 Å². The van der Waals surface area contributed by atoms with Gasteiger partial charge in [-0.2, -0.15) is 0 Å². The molecule has 0 aliphatic heterocycles. The normalized spacial score (nSPS) is 10.1. The highest BCUT2D eigenvalue weighted by molar-refractivity contribution is 5.99. The Morgan fingerprint density at radius 1 is 1.20 bits per heavy atom. The van der Waals surface area contributed by atoms with E-state index >= 15 is 0 Å². The molecule has 0 saturated heterocycles. The molecule has 0 unspecified atom stereocenters. The number of carbonyl (C=O) groups excluding carboxylic acids is 1. The number of rotatable bonds is 5. The second-order valence-corrected chi connectivity index (χ2v) is 4.00. The number of carbonyl (C=O) groups is 1. The van der Waals surface area contributed by atoms with Gasteiger partial charge in [-0.25, -0.2) is 0 Å². The molecule has 0 fully saturated rings. The molecule has 20 heavy (non-hydrogen) atoms. The fraction of sp³-hybridized carbons (Fsp3) is 0.231. The summed E-state index contributed by atoms with van der Waals surface area (Å²) in [5.41, 5.74) is 0.650. The molecule has 0 radical (unpaired) electrons. The third kappa shape index (κ3) is 2.82. The van der Waals surface area contributed by atoms with Crippen LogP contribution in [-0.4, -0.2) is 30.3 Å². The summed E-state index contributed by atoms with van der Waals surface area (Å²) >= 11 is 0. The smallest absolute Gasteiger partial charge is 0.264 e. The SMILES string of the molecule is COc1cccc(OC)c1C(=O)NCc1cc(=O)[nH][nH]1. The average Bonchev–Trinajstić information content (AvgIpc) is 2.89. The minimum Gasteiger partial charge on any atom is -0.496 e. The van der Waals surface area contributed by atoms with Crippen molar-refractivity contribution in [2.75, 3.05) is 14.2 Å². The van der Waals surface area contributed by atoms with Gasteiger partial charge in [0.25, 0.3) is 11.5 Å². The van der Waals surface area contributed by atoms with Crippen LogP contribution in [0.5, 0.6) is 11.5 Å². The first-order chi connectivity index (χ1) is 9.65. The van der Waals surface area contributed by atoms with Gasteiger partial charge in [-0.05, 0) is 12.1 Å². The van der Waals surface area contributed by atoms with Crippen molar-refractivity contribution in [1.29, 1.82) is 0 Å². The molecule has 0 aliphatic carbocycles. The highest BCUT2D eigenvalue weighted by Crippen LogP contribution is 2.27. The topological polar surface area (TPSA) is 96.2 Å². The van der Waals surface area contributed by atoms with E-state index in [-0.39, 0.29) is 18.0 Å². The van der Waals surface area contributed by atoms with Gasteiger partial charge in [0, 0.05) is 6.07 Å². The second-order valence-electron chi connectivity index (χ2n) is 4.00. The van der Waals surface area contributed by atoms with Crippen molar-refractivity contribution in [3.05, 3.63) is 45.9 Å². The first kappa shape index (κ1) is 13.7. The van der Waals surface area contributed by atoms with Crippen molar-refractivity contribution >= 4 is 5.91 Å². The van der Waals surface area contributed by atoms with Crippen LogP contribution in [0.15, 0.2) is 29.1 Å². The molecule has 0 bridgehead atoms. The Labute approximate surface area is 114 Å². The summed E-state index contributed by atoms with van der Waals surface area (Å²) in [6.07, 6.45) is 0. The van der Waals surface area contributed by atoms with E-state index < -0.39 is 0 Å². The van der Waals surface area contributed by atoms with Crippen LogP contribution in [-0.2, 0) is 6.54 Å². The van der Waals surface area contributed by atoms with Crippen molar-refractivity contribution in [3.63, 3.8) is 0 Å². The Hall–Kier alpha value is -2.70. The Kier molecular flexibility index (Phi) is 4.09. The van der Waals surface area contributed by atoms with Gasteiger partial charge < -0.3 is 19.9 Å². The third-order valence-corrected chi connectivity index (χ3v) is 2.75. The monoisotopic (exact) mass is 277 g/mol. The predicted octanol–water partition coefficient (Wildman–Crippen LogP) is 0.650. The van der Waals surface area contributed by atoms with E-state index in [0.29, 0.717) is 22.8 Å². The zero-order valence-corrected chi connectivity index (χ0v) is 11.1. The first-order valence-corrected chi connectivity index (χ1v) is 5.91. The molecule has 0 atom stereocenters. The standard InChI is InChI=1S/C13H15N3O4/c1-19-9-4-3-5-10(20-2)12(9)13(18)14-7-8-6-11(17)16-15-8/h3-6H,7H2,1-2H3,(H,14,18)(H2,15,16,17). The van der Waals surface area contributed by atoms with Crippen LogP contribution in [0.2, 0.25) is 0 Å². The maximum Gasteiger partial charge on any atom is 0.264 e. The van der Waals surface area contributed by atoms with Crippen LogP contribution < -0.4 is 20.3 Å². The molecule has 7 heteroatoms. The number of aromatic nitrogens is 2. The number of amides is 1. The lowest BCUT2D eigenvalue weighted by molar-refractivity contribution is 0.0944. The molecule has 1 aromatic heterocycles. The van der Waals surface area contributed by atoms with Gasteiger partial charge in [0.05, 0.1) is 26.5 Å². The first-order valence-electron chi connectivity index (χ1n) is 5.91. The van der Waals surface area contributed by atoms with E-state index in [1.807, 2.05) is 0 Å². The molecule has 0 aliphatic rings. The molecule has 0 spiro atoms. The largest absolute Gasteiger partial charge is 0.496 e. The zero-order chi connectivity index (χ0) is 14.5. The Morgan fingerprint density at radius 3 is 2.35 bits per heavy atom. The number of nitrogens with one attached hydrogen (secondary N) is 3. The van der Waals surface area contributed by atoms with Crippen LogP contribution in [0.3, 0.4) is 0 Å². The van der Waals surface area contributed by atoms with E-state index in [2.05, 4.69) is 15.5 Å². The molecule has 1 heterocycles. The molecule has 2 aromatic rings. The molecule has 1 aromatic carbocycles. The molecule has 3 N–H and O–H groups in total. The van der Waals surface area contributed by atoms with Crippen molar-refractivity contribution in [2.45, 2.75) is 6.54 Å². The third-order valence-electron chi connectivity index (χ3n) is 2.75. The number of hydrogen-bond donors (Lipinski definition) is 3. The van der Waals surface area contributed by atoms with Crippen molar-refractivity contribution in [2.24, 2.45) is 0 Å². The zero-order valence-electron chi connectivity index (χ0n) is 11.1. The fourth-order valence-electron chi connectivity index (χ4n) is 1.81. The Morgan fingerprint density at radius 2 is 1.85 bits per heavy atom. The Balaban J connectivity index is 2.18. The second kappa shape index (κ2) is 5.96. The number of ether oxygens (including phenoxy) is 2. The molecular weight excluding hydrogens is 262 g/mol. The van der Waals surface area contributed by atoms with Gasteiger partial charge in [-0.3, -0.25) is 14.7 Å². The van der Waals surface area contributed by atoms with E-state index in [9.17, 15) is 9.59 Å². The number of methoxy groups -OCH3 is 2. The summed E-state index contributed by atoms with van der Waals surface area (Å²) in [5, 5.41) is 7.74. The fourth-order valence-corrected chi connectivity index (χ4v) is 1.81. The van der Waals surface area contributed by atoms with E-state index in [1.54, 1.807) is 18.2 Å². The summed E-state index contributed by atoms with van der Waals surface area (Å²) in [4.78, 5) is 23.2. The van der Waals surface area contributed by atoms with E-state index in [0.717, 1.165) is 0 Å². The number of hydrogen-bond acceptors (Lipinski definition) is 4. The number of aromatic amines is 2. The van der Waals surface area contributed by atoms with Crippen LogP contribution in [0.1, 0.15) is 16.1 Å². The minimum atomic E-state index is -0.346. The maximum atomic E-state index is 12.2. The van der Waals surface area contributed by atoms with Gasteiger partial charge in [-0.1, -0.05) is 6.07 Å². The van der Waals surface area contributed by atoms with Crippen molar-refractivity contribution in [1.82, 2.24) is 15.5 Å². The van der Waals surface area contributed by atoms with Gasteiger partial charge in [0.1, 0.15) is 17.1 Å². The van der Waals surface area contributed by atoms with Crippen molar-refractivity contribution in [3.8, 4) is 11.5 Å². The van der Waals surface area contributed by atoms with Crippen molar-refractivity contribution < 1.29 is 14.3 Å². The van der Waals surface area contributed by atoms with Crippen LogP contribution in [0.25, 0.3) is 0 Å². The van der Waals surface area contributed by atoms with Gasteiger partial charge in [0.2, 0.25) is 0 Å². The average molecular weight is 277 g/mol. The van der Waals surface area contributed by atoms with E-state index in [4.69, 9.17) is 9.47 Å². The van der Waals surface area contributed by atoms with Gasteiger partial charge >= 0.3 is 0 Å². The van der Waals surface area contributed by atoms with Crippen LogP contribution in [0.4, 0.5) is 0 Å². The van der Waals surface area contributed by atoms with E-state index in [1.165, 1.54) is 20.3 Å². The molecule has 1 amide bonds. The molecule has 106 valence electrons. The summed E-state index contributed by atoms with van der Waals surface area (Å²) in [6.45, 7) is 0.193.